The van der Waals surface area contributed by atoms with Crippen LogP contribution in [0, 0.1) is 0 Å². The Bertz CT molecular complexity index is 589. The van der Waals surface area contributed by atoms with Gasteiger partial charge in [-0.05, 0) is 0 Å². The molecule has 2 aromatic rings. The first-order valence-electron chi connectivity index (χ1n) is 5.79. The molecule has 19 heavy (non-hydrogen) atoms. The Morgan fingerprint density at radius 2 is 2.26 bits per heavy atom. The van der Waals surface area contributed by atoms with Gasteiger partial charge in [0.15, 0.2) is 11.3 Å². The zero-order valence-electron chi connectivity index (χ0n) is 9.81. The average molecular weight is 272 g/mol. The van der Waals surface area contributed by atoms with Gasteiger partial charge in [-0.15, -0.1) is 0 Å². The highest BCUT2D eigenvalue weighted by atomic mass is 19.4. The molecule has 3 rings (SSSR count). The molecule has 1 unspecified atom stereocenters. The van der Waals surface area contributed by atoms with Crippen LogP contribution in [0.15, 0.2) is 18.5 Å². The number of alkyl halides is 3. The van der Waals surface area contributed by atoms with E-state index in [-0.39, 0.29) is 11.8 Å². The van der Waals surface area contributed by atoms with Crippen molar-refractivity contribution < 1.29 is 17.9 Å². The molecule has 1 aliphatic rings. The lowest BCUT2D eigenvalue weighted by Crippen LogP contribution is -2.33. The van der Waals surface area contributed by atoms with Crippen LogP contribution in [-0.4, -0.2) is 34.3 Å². The summed E-state index contributed by atoms with van der Waals surface area (Å²) in [6.07, 6.45) is -1.62. The summed E-state index contributed by atoms with van der Waals surface area (Å²) in [7, 11) is 0. The SMILES string of the molecule is FC(F)(F)c1cc2ncc(C3CNCCO3)cn2n1. The molecule has 0 spiro atoms. The van der Waals surface area contributed by atoms with E-state index >= 15 is 0 Å². The molecule has 5 nitrogen and oxygen atoms in total. The number of nitrogens with one attached hydrogen (secondary N) is 1. The first kappa shape index (κ1) is 12.4. The van der Waals surface area contributed by atoms with Crippen LogP contribution in [-0.2, 0) is 10.9 Å². The highest BCUT2D eigenvalue weighted by Gasteiger charge is 2.34. The number of morpholine rings is 1. The number of fused-ring (bicyclic) bond motifs is 1. The van der Waals surface area contributed by atoms with Gasteiger partial charge in [0.2, 0.25) is 0 Å². The maximum absolute atomic E-state index is 12.5. The molecule has 0 amide bonds. The van der Waals surface area contributed by atoms with Crippen molar-refractivity contribution in [1.82, 2.24) is 19.9 Å². The van der Waals surface area contributed by atoms with Gasteiger partial charge in [0.05, 0.1) is 12.7 Å². The largest absolute Gasteiger partial charge is 0.435 e. The minimum atomic E-state index is -4.46. The Morgan fingerprint density at radius 3 is 2.95 bits per heavy atom. The van der Waals surface area contributed by atoms with Crippen molar-refractivity contribution in [2.75, 3.05) is 19.7 Å². The number of halogens is 3. The third-order valence-electron chi connectivity index (χ3n) is 2.92. The van der Waals surface area contributed by atoms with E-state index in [4.69, 9.17) is 4.74 Å². The van der Waals surface area contributed by atoms with Gasteiger partial charge in [-0.3, -0.25) is 0 Å². The minimum absolute atomic E-state index is 0.167. The van der Waals surface area contributed by atoms with Crippen molar-refractivity contribution in [2.45, 2.75) is 12.3 Å². The van der Waals surface area contributed by atoms with E-state index in [0.717, 1.165) is 17.1 Å². The van der Waals surface area contributed by atoms with Crippen LogP contribution >= 0.6 is 0 Å². The number of aromatic nitrogens is 3. The maximum atomic E-state index is 12.5. The predicted octanol–water partition coefficient (Wildman–Crippen LogP) is 1.41. The van der Waals surface area contributed by atoms with Crippen LogP contribution in [0.1, 0.15) is 17.4 Å². The molecule has 1 aliphatic heterocycles. The highest BCUT2D eigenvalue weighted by molar-refractivity contribution is 5.40. The van der Waals surface area contributed by atoms with Gasteiger partial charge in [0.25, 0.3) is 0 Å². The number of ether oxygens (including phenoxy) is 1. The fourth-order valence-corrected chi connectivity index (χ4v) is 1.98. The molecule has 102 valence electrons. The summed E-state index contributed by atoms with van der Waals surface area (Å²) in [5, 5.41) is 6.64. The second-order valence-corrected chi connectivity index (χ2v) is 4.28. The third-order valence-corrected chi connectivity index (χ3v) is 2.92. The van der Waals surface area contributed by atoms with E-state index in [1.807, 2.05) is 0 Å². The molecule has 0 aliphatic carbocycles. The van der Waals surface area contributed by atoms with Gasteiger partial charge < -0.3 is 10.1 Å². The average Bonchev–Trinajstić information content (AvgIpc) is 2.82. The minimum Gasteiger partial charge on any atom is -0.371 e. The Morgan fingerprint density at radius 1 is 1.42 bits per heavy atom. The Labute approximate surface area is 106 Å². The van der Waals surface area contributed by atoms with Gasteiger partial charge in [-0.1, -0.05) is 0 Å². The Kier molecular flexibility index (Phi) is 2.90. The molecule has 3 heterocycles. The summed E-state index contributed by atoms with van der Waals surface area (Å²) in [4.78, 5) is 3.98. The van der Waals surface area contributed by atoms with Crippen molar-refractivity contribution in [2.24, 2.45) is 0 Å². The Balaban J connectivity index is 1.96. The summed E-state index contributed by atoms with van der Waals surface area (Å²) in [5.41, 5.74) is -0.0730. The lowest BCUT2D eigenvalue weighted by molar-refractivity contribution is -0.141. The molecule has 8 heteroatoms. The van der Waals surface area contributed by atoms with E-state index in [2.05, 4.69) is 15.4 Å². The number of rotatable bonds is 1. The maximum Gasteiger partial charge on any atom is 0.435 e. The molecule has 1 fully saturated rings. The monoisotopic (exact) mass is 272 g/mol. The fourth-order valence-electron chi connectivity index (χ4n) is 1.98. The zero-order valence-corrected chi connectivity index (χ0v) is 9.81. The molecule has 0 aromatic carbocycles. The standard InChI is InChI=1S/C11H11F3N4O/c12-11(13,14)9-3-10-16-4-7(6-18(10)17-9)8-5-15-1-2-19-8/h3-4,6,8,15H,1-2,5H2. The van der Waals surface area contributed by atoms with Gasteiger partial charge in [0.1, 0.15) is 0 Å². The number of nitrogens with zero attached hydrogens (tertiary/aromatic N) is 3. The van der Waals surface area contributed by atoms with E-state index in [1.165, 1.54) is 12.4 Å². The van der Waals surface area contributed by atoms with Crippen LogP contribution in [0.25, 0.3) is 5.65 Å². The highest BCUT2D eigenvalue weighted by Crippen LogP contribution is 2.28. The number of hydrogen-bond acceptors (Lipinski definition) is 4. The van der Waals surface area contributed by atoms with Crippen LogP contribution in [0.5, 0.6) is 0 Å². The summed E-state index contributed by atoms with van der Waals surface area (Å²) in [6, 6.07) is 0.920. The topological polar surface area (TPSA) is 51.5 Å². The molecule has 1 atom stereocenters. The van der Waals surface area contributed by atoms with Crippen LogP contribution in [0.3, 0.4) is 0 Å². The van der Waals surface area contributed by atoms with E-state index in [9.17, 15) is 13.2 Å². The summed E-state index contributed by atoms with van der Waals surface area (Å²) >= 11 is 0. The van der Waals surface area contributed by atoms with E-state index in [1.54, 1.807) is 0 Å². The molecule has 0 radical (unpaired) electrons. The Hall–Kier alpha value is -1.67. The summed E-state index contributed by atoms with van der Waals surface area (Å²) in [6.45, 7) is 1.95. The molecule has 0 bridgehead atoms. The van der Waals surface area contributed by atoms with Gasteiger partial charge in [-0.25, -0.2) is 9.50 Å². The molecule has 2 aromatic heterocycles. The molecule has 1 N–H and O–H groups in total. The lowest BCUT2D eigenvalue weighted by Gasteiger charge is -2.23. The van der Waals surface area contributed by atoms with Crippen molar-refractivity contribution in [3.63, 3.8) is 0 Å². The lowest BCUT2D eigenvalue weighted by atomic mass is 10.2. The third kappa shape index (κ3) is 2.41. The quantitative estimate of drug-likeness (QED) is 0.852. The molecular weight excluding hydrogens is 261 g/mol. The summed E-state index contributed by atoms with van der Waals surface area (Å²) < 4.78 is 44.3. The number of hydrogen-bond donors (Lipinski definition) is 1. The molecule has 1 saturated heterocycles. The second-order valence-electron chi connectivity index (χ2n) is 4.28. The van der Waals surface area contributed by atoms with E-state index < -0.39 is 11.9 Å². The van der Waals surface area contributed by atoms with Crippen LogP contribution in [0.4, 0.5) is 13.2 Å². The van der Waals surface area contributed by atoms with Crippen molar-refractivity contribution in [3.05, 3.63) is 29.7 Å². The second kappa shape index (κ2) is 4.46. The first-order valence-corrected chi connectivity index (χ1v) is 5.79. The predicted molar refractivity (Wildman–Crippen MR) is 59.6 cm³/mol. The van der Waals surface area contributed by atoms with Crippen molar-refractivity contribution >= 4 is 5.65 Å². The zero-order chi connectivity index (χ0) is 13.5. The van der Waals surface area contributed by atoms with Gasteiger partial charge in [-0.2, -0.15) is 18.3 Å². The van der Waals surface area contributed by atoms with Crippen LogP contribution < -0.4 is 5.32 Å². The van der Waals surface area contributed by atoms with Crippen LogP contribution in [0.2, 0.25) is 0 Å². The van der Waals surface area contributed by atoms with Gasteiger partial charge in [0, 0.05) is 37.1 Å². The summed E-state index contributed by atoms with van der Waals surface area (Å²) in [5.74, 6) is 0. The fraction of sp³-hybridized carbons (Fsp3) is 0.455. The smallest absolute Gasteiger partial charge is 0.371 e. The first-order chi connectivity index (χ1) is 9.04. The normalized spacial score (nSPS) is 20.9. The van der Waals surface area contributed by atoms with Gasteiger partial charge >= 0.3 is 6.18 Å². The van der Waals surface area contributed by atoms with Crippen molar-refractivity contribution in [1.29, 1.82) is 0 Å². The van der Waals surface area contributed by atoms with E-state index in [0.29, 0.717) is 18.7 Å². The van der Waals surface area contributed by atoms with Crippen molar-refractivity contribution in [3.8, 4) is 0 Å². The molecular formula is C11H11F3N4O. The molecule has 0 saturated carbocycles.